The van der Waals surface area contributed by atoms with Gasteiger partial charge in [0.2, 0.25) is 0 Å². The van der Waals surface area contributed by atoms with Crippen molar-refractivity contribution < 1.29 is 9.32 Å². The Morgan fingerprint density at radius 1 is 1.00 bits per heavy atom. The van der Waals surface area contributed by atoms with Crippen LogP contribution in [0.4, 0.5) is 0 Å². The van der Waals surface area contributed by atoms with Crippen molar-refractivity contribution in [3.8, 4) is 0 Å². The summed E-state index contributed by atoms with van der Waals surface area (Å²) < 4.78 is 12.1. The highest BCUT2D eigenvalue weighted by Crippen LogP contribution is 2.46. The number of hydrogen-bond acceptors (Lipinski definition) is 2. The molecule has 0 aromatic heterocycles. The number of aliphatic hydroxyl groups is 1. The molecule has 20 heavy (non-hydrogen) atoms. The second-order valence-corrected chi connectivity index (χ2v) is 8.14. The number of benzene rings is 2. The minimum absolute atomic E-state index is 0.185. The quantitative estimate of drug-likeness (QED) is 0.874. The molecule has 3 heteroatoms. The minimum atomic E-state index is -0.788. The Labute approximate surface area is 121 Å². The van der Waals surface area contributed by atoms with E-state index in [1.54, 1.807) is 0 Å². The number of hydrogen-bond donors (Lipinski definition) is 1. The molecule has 2 unspecified atom stereocenters. The van der Waals surface area contributed by atoms with Crippen LogP contribution in [0, 0.1) is 0 Å². The Hall–Kier alpha value is -1.19. The van der Waals surface area contributed by atoms with E-state index >= 15 is 0 Å². The lowest BCUT2D eigenvalue weighted by Crippen LogP contribution is -2.40. The van der Waals surface area contributed by atoms with Crippen LogP contribution in [0.15, 0.2) is 42.5 Å². The van der Waals surface area contributed by atoms with Crippen LogP contribution in [0.2, 0.25) is 0 Å². The van der Waals surface area contributed by atoms with Gasteiger partial charge in [-0.2, -0.15) is 0 Å². The monoisotopic (exact) mass is 286 g/mol. The lowest BCUT2D eigenvalue weighted by atomic mass is 9.85. The van der Waals surface area contributed by atoms with Gasteiger partial charge in [-0.3, -0.25) is 4.21 Å². The summed E-state index contributed by atoms with van der Waals surface area (Å²) in [5.41, 5.74) is 0.203. The summed E-state index contributed by atoms with van der Waals surface area (Å²) in [5, 5.41) is 13.8. The van der Waals surface area contributed by atoms with E-state index in [4.69, 9.17) is 0 Å². The van der Waals surface area contributed by atoms with E-state index in [9.17, 15) is 9.32 Å². The molecular weight excluding hydrogens is 268 g/mol. The first-order chi connectivity index (χ1) is 9.66. The number of rotatable bonds is 1. The zero-order valence-corrected chi connectivity index (χ0v) is 12.1. The SMILES string of the molecule is O=S1C2CCC1CC(O)(c1ccc3ccccc3c1)C2. The minimum Gasteiger partial charge on any atom is -0.385 e. The van der Waals surface area contributed by atoms with Crippen LogP contribution >= 0.6 is 0 Å². The van der Waals surface area contributed by atoms with E-state index in [0.29, 0.717) is 12.8 Å². The van der Waals surface area contributed by atoms with Crippen LogP contribution in [0.1, 0.15) is 31.2 Å². The fraction of sp³-hybridized carbons (Fsp3) is 0.412. The molecule has 2 nitrogen and oxygen atoms in total. The topological polar surface area (TPSA) is 37.3 Å². The molecule has 104 valence electrons. The molecule has 2 bridgehead atoms. The highest BCUT2D eigenvalue weighted by Gasteiger charge is 2.48. The van der Waals surface area contributed by atoms with Gasteiger partial charge in [-0.1, -0.05) is 36.4 Å². The van der Waals surface area contributed by atoms with E-state index in [-0.39, 0.29) is 10.5 Å². The molecule has 1 N–H and O–H groups in total. The Balaban J connectivity index is 1.76. The van der Waals surface area contributed by atoms with Gasteiger partial charge in [-0.15, -0.1) is 0 Å². The summed E-state index contributed by atoms with van der Waals surface area (Å²) in [7, 11) is -0.726. The molecule has 0 amide bonds. The number of fused-ring (bicyclic) bond motifs is 3. The van der Waals surface area contributed by atoms with Gasteiger partial charge in [-0.25, -0.2) is 0 Å². The summed E-state index contributed by atoms with van der Waals surface area (Å²) in [4.78, 5) is 0. The molecule has 0 aliphatic carbocycles. The zero-order chi connectivity index (χ0) is 13.7. The normalized spacial score (nSPS) is 36.4. The predicted molar refractivity (Wildman–Crippen MR) is 82.0 cm³/mol. The van der Waals surface area contributed by atoms with E-state index in [2.05, 4.69) is 24.3 Å². The summed E-state index contributed by atoms with van der Waals surface area (Å²) in [5.74, 6) is 0. The van der Waals surface area contributed by atoms with Crippen LogP contribution in [0.25, 0.3) is 10.8 Å². The molecule has 0 radical (unpaired) electrons. The molecule has 2 aromatic carbocycles. The average molecular weight is 286 g/mol. The van der Waals surface area contributed by atoms with Crippen molar-refractivity contribution in [3.63, 3.8) is 0 Å². The second kappa shape index (κ2) is 4.40. The molecule has 2 heterocycles. The van der Waals surface area contributed by atoms with Crippen molar-refractivity contribution in [2.24, 2.45) is 0 Å². The van der Waals surface area contributed by atoms with E-state index in [1.165, 1.54) is 5.39 Å². The molecule has 2 saturated heterocycles. The van der Waals surface area contributed by atoms with Crippen molar-refractivity contribution in [2.45, 2.75) is 41.8 Å². The fourth-order valence-corrected chi connectivity index (χ4v) is 5.96. The summed E-state index contributed by atoms with van der Waals surface area (Å²) in [6.07, 6.45) is 3.31. The van der Waals surface area contributed by atoms with Gasteiger partial charge in [0, 0.05) is 21.3 Å². The molecule has 2 aliphatic rings. The summed E-state index contributed by atoms with van der Waals surface area (Å²) in [6, 6.07) is 14.4. The zero-order valence-electron chi connectivity index (χ0n) is 11.3. The first kappa shape index (κ1) is 12.5. The third-order valence-corrected chi connectivity index (χ3v) is 7.00. The standard InChI is InChI=1S/C17H18O2S/c18-17(10-15-7-8-16(11-17)20(15)19)14-6-5-12-3-1-2-4-13(12)9-14/h1-6,9,15-16,18H,7-8,10-11H2. The Kier molecular flexibility index (Phi) is 2.76. The van der Waals surface area contributed by atoms with E-state index < -0.39 is 16.4 Å². The van der Waals surface area contributed by atoms with Gasteiger partial charge in [0.25, 0.3) is 0 Å². The van der Waals surface area contributed by atoms with Crippen molar-refractivity contribution in [2.75, 3.05) is 0 Å². The van der Waals surface area contributed by atoms with Gasteiger partial charge in [0.15, 0.2) is 0 Å². The third-order valence-electron chi connectivity index (χ3n) is 4.89. The van der Waals surface area contributed by atoms with Gasteiger partial charge in [0.1, 0.15) is 0 Å². The predicted octanol–water partition coefficient (Wildman–Crippen LogP) is 3.10. The van der Waals surface area contributed by atoms with Gasteiger partial charge < -0.3 is 5.11 Å². The molecule has 2 fully saturated rings. The molecule has 2 atom stereocenters. The van der Waals surface area contributed by atoms with E-state index in [1.807, 2.05) is 18.2 Å². The van der Waals surface area contributed by atoms with Crippen LogP contribution in [0.3, 0.4) is 0 Å². The average Bonchev–Trinajstić information content (AvgIpc) is 2.70. The van der Waals surface area contributed by atoms with Crippen LogP contribution in [-0.2, 0) is 16.4 Å². The van der Waals surface area contributed by atoms with Crippen LogP contribution < -0.4 is 0 Å². The Bertz CT molecular complexity index is 678. The first-order valence-electron chi connectivity index (χ1n) is 7.27. The lowest BCUT2D eigenvalue weighted by Gasteiger charge is -2.36. The Morgan fingerprint density at radius 3 is 2.35 bits per heavy atom. The maximum atomic E-state index is 12.1. The molecule has 2 aromatic rings. The smallest absolute Gasteiger partial charge is 0.0919 e. The maximum absolute atomic E-state index is 12.1. The fourth-order valence-electron chi connectivity index (χ4n) is 3.80. The van der Waals surface area contributed by atoms with Crippen LogP contribution in [0.5, 0.6) is 0 Å². The van der Waals surface area contributed by atoms with Gasteiger partial charge >= 0.3 is 0 Å². The highest BCUT2D eigenvalue weighted by molar-refractivity contribution is 7.86. The summed E-state index contributed by atoms with van der Waals surface area (Å²) >= 11 is 0. The highest BCUT2D eigenvalue weighted by atomic mass is 32.2. The molecule has 2 aliphatic heterocycles. The molecular formula is C17H18O2S. The van der Waals surface area contributed by atoms with Crippen LogP contribution in [-0.4, -0.2) is 19.8 Å². The van der Waals surface area contributed by atoms with Crippen molar-refractivity contribution in [3.05, 3.63) is 48.0 Å². The molecule has 0 saturated carbocycles. The van der Waals surface area contributed by atoms with Gasteiger partial charge in [0.05, 0.1) is 5.60 Å². The van der Waals surface area contributed by atoms with Gasteiger partial charge in [-0.05, 0) is 48.1 Å². The van der Waals surface area contributed by atoms with E-state index in [0.717, 1.165) is 23.8 Å². The summed E-state index contributed by atoms with van der Waals surface area (Å²) in [6.45, 7) is 0. The van der Waals surface area contributed by atoms with Crippen molar-refractivity contribution in [1.29, 1.82) is 0 Å². The molecule has 0 spiro atoms. The maximum Gasteiger partial charge on any atom is 0.0919 e. The lowest BCUT2D eigenvalue weighted by molar-refractivity contribution is 0.0186. The second-order valence-electron chi connectivity index (χ2n) is 6.15. The first-order valence-corrected chi connectivity index (χ1v) is 8.54. The van der Waals surface area contributed by atoms with Crippen molar-refractivity contribution >= 4 is 21.6 Å². The van der Waals surface area contributed by atoms with Crippen molar-refractivity contribution in [1.82, 2.24) is 0 Å². The largest absolute Gasteiger partial charge is 0.385 e. The third kappa shape index (κ3) is 1.84. The Morgan fingerprint density at radius 2 is 1.65 bits per heavy atom. The molecule has 4 rings (SSSR count).